The van der Waals surface area contributed by atoms with E-state index in [0.717, 1.165) is 42.0 Å². The van der Waals surface area contributed by atoms with Gasteiger partial charge in [0.25, 0.3) is 0 Å². The second-order valence-corrected chi connectivity index (χ2v) is 6.85. The molecule has 1 aliphatic carbocycles. The molecule has 24 heavy (non-hydrogen) atoms. The van der Waals surface area contributed by atoms with Gasteiger partial charge >= 0.3 is 0 Å². The Morgan fingerprint density at radius 1 is 1.21 bits per heavy atom. The number of nitrogens with zero attached hydrogens (tertiary/aromatic N) is 3. The predicted molar refractivity (Wildman–Crippen MR) is 97.3 cm³/mol. The Kier molecular flexibility index (Phi) is 4.12. The van der Waals surface area contributed by atoms with Crippen molar-refractivity contribution in [1.82, 2.24) is 14.6 Å². The molecular formula is C18H20ClN5. The lowest BCUT2D eigenvalue weighted by Crippen LogP contribution is -2.35. The van der Waals surface area contributed by atoms with E-state index in [1.54, 1.807) is 0 Å². The highest BCUT2D eigenvalue weighted by Crippen LogP contribution is 2.25. The number of benzene rings is 1. The van der Waals surface area contributed by atoms with Gasteiger partial charge in [0.2, 0.25) is 0 Å². The average Bonchev–Trinajstić information content (AvgIpc) is 2.98. The van der Waals surface area contributed by atoms with E-state index >= 15 is 0 Å². The van der Waals surface area contributed by atoms with Gasteiger partial charge in [0.15, 0.2) is 5.65 Å². The molecule has 2 aromatic heterocycles. The van der Waals surface area contributed by atoms with Gasteiger partial charge in [0.1, 0.15) is 5.82 Å². The van der Waals surface area contributed by atoms with Gasteiger partial charge in [-0.25, -0.2) is 9.50 Å². The molecule has 0 bridgehead atoms. The summed E-state index contributed by atoms with van der Waals surface area (Å²) in [5, 5.41) is 8.94. The van der Waals surface area contributed by atoms with Crippen LogP contribution in [0.25, 0.3) is 16.9 Å². The molecule has 0 amide bonds. The Balaban J connectivity index is 1.66. The first-order valence-corrected chi connectivity index (χ1v) is 8.70. The quantitative estimate of drug-likeness (QED) is 0.761. The lowest BCUT2D eigenvalue weighted by molar-refractivity contribution is 0.408. The van der Waals surface area contributed by atoms with E-state index in [4.69, 9.17) is 22.4 Å². The summed E-state index contributed by atoms with van der Waals surface area (Å²) in [6.45, 7) is 0. The number of rotatable bonds is 3. The van der Waals surface area contributed by atoms with Crippen LogP contribution in [0, 0.1) is 0 Å². The van der Waals surface area contributed by atoms with Crippen LogP contribution in [0.4, 0.5) is 5.82 Å². The number of nitrogens with one attached hydrogen (secondary N) is 1. The minimum absolute atomic E-state index is 0.287. The molecule has 3 N–H and O–H groups in total. The molecule has 0 radical (unpaired) electrons. The van der Waals surface area contributed by atoms with Gasteiger partial charge in [-0.3, -0.25) is 0 Å². The first-order chi connectivity index (χ1) is 11.7. The van der Waals surface area contributed by atoms with Crippen LogP contribution in [0.1, 0.15) is 25.7 Å². The molecule has 0 spiro atoms. The van der Waals surface area contributed by atoms with Gasteiger partial charge in [0, 0.05) is 22.7 Å². The summed E-state index contributed by atoms with van der Waals surface area (Å²) >= 11 is 6.11. The highest BCUT2D eigenvalue weighted by molar-refractivity contribution is 6.30. The highest BCUT2D eigenvalue weighted by atomic mass is 35.5. The number of halogens is 1. The average molecular weight is 342 g/mol. The van der Waals surface area contributed by atoms with E-state index in [-0.39, 0.29) is 6.04 Å². The normalized spacial score (nSPS) is 21.1. The van der Waals surface area contributed by atoms with Crippen LogP contribution in [0.3, 0.4) is 0 Å². The number of hydrogen-bond donors (Lipinski definition) is 2. The fourth-order valence-corrected chi connectivity index (χ4v) is 3.55. The van der Waals surface area contributed by atoms with Crippen molar-refractivity contribution >= 4 is 23.1 Å². The lowest BCUT2D eigenvalue weighted by Gasteiger charge is -2.27. The van der Waals surface area contributed by atoms with E-state index < -0.39 is 0 Å². The summed E-state index contributed by atoms with van der Waals surface area (Å²) in [5.41, 5.74) is 8.82. The zero-order valence-electron chi connectivity index (χ0n) is 13.3. The van der Waals surface area contributed by atoms with Gasteiger partial charge in [0.05, 0.1) is 11.9 Å². The number of hydrogen-bond acceptors (Lipinski definition) is 4. The molecule has 1 aliphatic rings. The second kappa shape index (κ2) is 6.42. The summed E-state index contributed by atoms with van der Waals surface area (Å²) in [7, 11) is 0. The number of nitrogens with two attached hydrogens (primary N) is 1. The number of aromatic nitrogens is 3. The summed E-state index contributed by atoms with van der Waals surface area (Å²) in [6.07, 6.45) is 6.24. The van der Waals surface area contributed by atoms with Crippen LogP contribution in [0.15, 0.2) is 42.6 Å². The van der Waals surface area contributed by atoms with Crippen molar-refractivity contribution < 1.29 is 0 Å². The number of imidazole rings is 1. The zero-order valence-corrected chi connectivity index (χ0v) is 14.1. The lowest BCUT2D eigenvalue weighted by atomic mass is 9.92. The zero-order chi connectivity index (χ0) is 16.5. The minimum atomic E-state index is 0.287. The van der Waals surface area contributed by atoms with Crippen molar-refractivity contribution in [3.8, 4) is 11.3 Å². The molecule has 0 unspecified atom stereocenters. The van der Waals surface area contributed by atoms with Gasteiger partial charge in [-0.05, 0) is 49.9 Å². The smallest absolute Gasteiger partial charge is 0.154 e. The molecule has 0 aliphatic heterocycles. The van der Waals surface area contributed by atoms with Crippen LogP contribution in [-0.2, 0) is 0 Å². The van der Waals surface area contributed by atoms with E-state index in [9.17, 15) is 0 Å². The number of anilines is 1. The van der Waals surface area contributed by atoms with Crippen LogP contribution in [-0.4, -0.2) is 26.7 Å². The Morgan fingerprint density at radius 3 is 2.96 bits per heavy atom. The van der Waals surface area contributed by atoms with Crippen molar-refractivity contribution in [2.45, 2.75) is 37.8 Å². The van der Waals surface area contributed by atoms with Crippen molar-refractivity contribution in [2.75, 3.05) is 5.32 Å². The largest absolute Gasteiger partial charge is 0.366 e. The third kappa shape index (κ3) is 3.09. The van der Waals surface area contributed by atoms with Crippen molar-refractivity contribution in [3.05, 3.63) is 47.6 Å². The van der Waals surface area contributed by atoms with Gasteiger partial charge in [-0.15, -0.1) is 5.10 Å². The van der Waals surface area contributed by atoms with Gasteiger partial charge in [-0.2, -0.15) is 0 Å². The van der Waals surface area contributed by atoms with E-state index in [1.807, 2.05) is 47.1 Å². The van der Waals surface area contributed by atoms with Crippen LogP contribution in [0.2, 0.25) is 5.02 Å². The predicted octanol–water partition coefficient (Wildman–Crippen LogP) is 3.73. The molecule has 5 nitrogen and oxygen atoms in total. The highest BCUT2D eigenvalue weighted by Gasteiger charge is 2.19. The van der Waals surface area contributed by atoms with Crippen molar-refractivity contribution in [1.29, 1.82) is 0 Å². The van der Waals surface area contributed by atoms with Crippen LogP contribution in [0.5, 0.6) is 0 Å². The first-order valence-electron chi connectivity index (χ1n) is 8.32. The maximum atomic E-state index is 6.11. The monoisotopic (exact) mass is 341 g/mol. The Hall–Kier alpha value is -2.11. The molecular weight excluding hydrogens is 322 g/mol. The first kappa shape index (κ1) is 15.4. The van der Waals surface area contributed by atoms with E-state index in [1.165, 1.54) is 6.42 Å². The minimum Gasteiger partial charge on any atom is -0.366 e. The van der Waals surface area contributed by atoms with E-state index in [2.05, 4.69) is 10.3 Å². The van der Waals surface area contributed by atoms with Gasteiger partial charge in [-0.1, -0.05) is 23.7 Å². The third-order valence-electron chi connectivity index (χ3n) is 4.55. The maximum absolute atomic E-state index is 6.11. The Labute approximate surface area is 145 Å². The number of fused-ring (bicyclic) bond motifs is 1. The molecule has 4 rings (SSSR count). The summed E-state index contributed by atoms with van der Waals surface area (Å²) in [5.74, 6) is 0.850. The molecule has 1 fully saturated rings. The summed E-state index contributed by atoms with van der Waals surface area (Å²) < 4.78 is 1.86. The molecule has 1 aromatic carbocycles. The third-order valence-corrected chi connectivity index (χ3v) is 4.78. The fraction of sp³-hybridized carbons (Fsp3) is 0.333. The molecule has 6 heteroatoms. The molecule has 2 heterocycles. The Bertz CT molecular complexity index is 859. The SMILES string of the molecule is N[C@@H]1CCC[C@@H](Nc2ccc3ncc(-c4cccc(Cl)c4)n3n2)C1. The summed E-state index contributed by atoms with van der Waals surface area (Å²) in [4.78, 5) is 4.43. The molecule has 0 saturated heterocycles. The maximum Gasteiger partial charge on any atom is 0.154 e. The molecule has 124 valence electrons. The fourth-order valence-electron chi connectivity index (χ4n) is 3.36. The molecule has 1 saturated carbocycles. The van der Waals surface area contributed by atoms with Crippen molar-refractivity contribution in [2.24, 2.45) is 5.73 Å². The second-order valence-electron chi connectivity index (χ2n) is 6.41. The van der Waals surface area contributed by atoms with Crippen LogP contribution < -0.4 is 11.1 Å². The van der Waals surface area contributed by atoms with E-state index in [0.29, 0.717) is 11.1 Å². The standard InChI is InChI=1S/C18H20ClN5/c19-13-4-1-3-12(9-13)16-11-21-18-8-7-17(23-24(16)18)22-15-6-2-5-14(20)10-15/h1,3-4,7-9,11,14-15H,2,5-6,10,20H2,(H,22,23)/t14-,15-/m1/s1. The van der Waals surface area contributed by atoms with Crippen LogP contribution >= 0.6 is 11.6 Å². The summed E-state index contributed by atoms with van der Waals surface area (Å²) in [6, 6.07) is 12.4. The Morgan fingerprint density at radius 2 is 2.12 bits per heavy atom. The molecule has 2 atom stereocenters. The van der Waals surface area contributed by atoms with Gasteiger partial charge < -0.3 is 11.1 Å². The topological polar surface area (TPSA) is 68.2 Å². The van der Waals surface area contributed by atoms with Crippen molar-refractivity contribution in [3.63, 3.8) is 0 Å². The molecule has 3 aromatic rings.